The van der Waals surface area contributed by atoms with Gasteiger partial charge < -0.3 is 15.3 Å². The number of hydrogen-bond acceptors (Lipinski definition) is 4. The largest absolute Gasteiger partial charge is 0.391 e. The lowest BCUT2D eigenvalue weighted by atomic mass is 9.89. The summed E-state index contributed by atoms with van der Waals surface area (Å²) >= 11 is 0. The van der Waals surface area contributed by atoms with Crippen LogP contribution in [0.2, 0.25) is 0 Å². The Morgan fingerprint density at radius 2 is 1.49 bits per heavy atom. The monoisotopic (exact) mass is 584 g/mol. The normalized spacial score (nSPS) is 12.8. The third-order valence-corrected chi connectivity index (χ3v) is 6.40. The maximum Gasteiger partial charge on any atom is 0.253 e. The van der Waals surface area contributed by atoms with Gasteiger partial charge >= 0.3 is 0 Å². The highest BCUT2D eigenvalue weighted by molar-refractivity contribution is 7.59. The lowest BCUT2D eigenvalue weighted by Crippen LogP contribution is -2.46. The highest BCUT2D eigenvalue weighted by atomic mass is 32.1. The van der Waals surface area contributed by atoms with Gasteiger partial charge in [-0.3, -0.25) is 14.4 Å². The van der Waals surface area contributed by atoms with Gasteiger partial charge in [-0.15, -0.1) is 0 Å². The van der Waals surface area contributed by atoms with Gasteiger partial charge in [0.15, 0.2) is 0 Å². The average Bonchev–Trinajstić information content (AvgIpc) is 2.85. The standard InChI is InChI=1S/C29H38F2N2O4.2H2S/c1-5-11-33(12-6-2)29(37)23-10-8-9-22(16-23)28(36)32-26(27(35)17-21(7-3)19(4)34)15-20-13-24(30)18-25(31)14-20;;/h8-10,13-14,16,18,21,26-27,35H,5-7,11-12,15,17H2,1-4H3,(H,32,36);2*1H2/t21-,26?,27+;;/m1../s1. The van der Waals surface area contributed by atoms with Crippen LogP contribution in [0.3, 0.4) is 0 Å². The molecule has 2 N–H and O–H groups in total. The Kier molecular flexibility index (Phi) is 16.9. The molecule has 0 saturated heterocycles. The molecule has 0 fully saturated rings. The van der Waals surface area contributed by atoms with Crippen molar-refractivity contribution in [2.24, 2.45) is 5.92 Å². The Balaban J connectivity index is 0.00000722. The molecule has 0 aromatic heterocycles. The van der Waals surface area contributed by atoms with E-state index >= 15 is 0 Å². The van der Waals surface area contributed by atoms with Crippen molar-refractivity contribution < 1.29 is 28.3 Å². The van der Waals surface area contributed by atoms with Crippen molar-refractivity contribution in [3.05, 3.63) is 70.8 Å². The summed E-state index contributed by atoms with van der Waals surface area (Å²) in [7, 11) is 0. The molecule has 2 rings (SSSR count). The van der Waals surface area contributed by atoms with Crippen LogP contribution in [0.4, 0.5) is 8.78 Å². The molecule has 0 aliphatic rings. The number of carbonyl (C=O) groups excluding carboxylic acids is 3. The molecule has 3 atom stereocenters. The second kappa shape index (κ2) is 18.0. The first-order valence-corrected chi connectivity index (χ1v) is 12.9. The molecule has 6 nitrogen and oxygen atoms in total. The van der Waals surface area contributed by atoms with E-state index < -0.39 is 35.6 Å². The number of nitrogens with one attached hydrogen (secondary N) is 1. The smallest absolute Gasteiger partial charge is 0.253 e. The van der Waals surface area contributed by atoms with Crippen molar-refractivity contribution in [1.29, 1.82) is 0 Å². The molecule has 0 heterocycles. The molecule has 10 heteroatoms. The number of ketones is 1. The Labute approximate surface area is 244 Å². The number of aliphatic hydroxyl groups excluding tert-OH is 1. The Hall–Kier alpha value is -2.43. The predicted molar refractivity (Wildman–Crippen MR) is 160 cm³/mol. The zero-order chi connectivity index (χ0) is 27.5. The first kappa shape index (κ1) is 36.6. The molecule has 0 bridgehead atoms. The van der Waals surface area contributed by atoms with Crippen molar-refractivity contribution in [2.45, 2.75) is 71.9 Å². The molecule has 2 amide bonds. The molecule has 2 aromatic carbocycles. The van der Waals surface area contributed by atoms with E-state index in [2.05, 4.69) is 5.32 Å². The number of aliphatic hydroxyl groups is 1. The van der Waals surface area contributed by atoms with Gasteiger partial charge in [-0.05, 0) is 74.9 Å². The fourth-order valence-electron chi connectivity index (χ4n) is 4.42. The molecule has 1 unspecified atom stereocenters. The minimum atomic E-state index is -1.14. The van der Waals surface area contributed by atoms with E-state index in [1.165, 1.54) is 13.0 Å². The lowest BCUT2D eigenvalue weighted by Gasteiger charge is -2.27. The van der Waals surface area contributed by atoms with Gasteiger partial charge in [0.05, 0.1) is 12.1 Å². The summed E-state index contributed by atoms with van der Waals surface area (Å²) in [6, 6.07) is 8.46. The topological polar surface area (TPSA) is 86.7 Å². The van der Waals surface area contributed by atoms with Crippen LogP contribution in [0, 0.1) is 17.6 Å². The Bertz CT molecular complexity index is 1060. The van der Waals surface area contributed by atoms with E-state index in [1.54, 1.807) is 23.1 Å². The number of rotatable bonds is 14. The summed E-state index contributed by atoms with van der Waals surface area (Å²) in [6.07, 6.45) is 1.04. The molecule has 0 aliphatic carbocycles. The molecule has 2 aromatic rings. The van der Waals surface area contributed by atoms with Crippen LogP contribution in [0.1, 0.15) is 79.7 Å². The summed E-state index contributed by atoms with van der Waals surface area (Å²) in [5, 5.41) is 13.7. The van der Waals surface area contributed by atoms with E-state index in [9.17, 15) is 28.3 Å². The van der Waals surface area contributed by atoms with Crippen molar-refractivity contribution in [2.75, 3.05) is 13.1 Å². The van der Waals surface area contributed by atoms with Gasteiger partial charge in [-0.1, -0.05) is 26.8 Å². The molecule has 0 saturated carbocycles. The first-order valence-electron chi connectivity index (χ1n) is 12.9. The summed E-state index contributed by atoms with van der Waals surface area (Å²) in [5.74, 6) is -2.73. The van der Waals surface area contributed by atoms with Crippen molar-refractivity contribution >= 4 is 44.6 Å². The number of halogens is 2. The van der Waals surface area contributed by atoms with E-state index in [1.807, 2.05) is 20.8 Å². The summed E-state index contributed by atoms with van der Waals surface area (Å²) in [5.41, 5.74) is 0.859. The van der Waals surface area contributed by atoms with Gasteiger partial charge in [0.25, 0.3) is 11.8 Å². The second-order valence-corrected chi connectivity index (χ2v) is 9.45. The highest BCUT2D eigenvalue weighted by Gasteiger charge is 2.27. The fraction of sp³-hybridized carbons (Fsp3) is 0.483. The van der Waals surface area contributed by atoms with Crippen LogP contribution >= 0.6 is 27.0 Å². The van der Waals surface area contributed by atoms with E-state index in [0.717, 1.165) is 31.0 Å². The first-order chi connectivity index (χ1) is 17.6. The second-order valence-electron chi connectivity index (χ2n) is 9.45. The number of amides is 2. The molecule has 218 valence electrons. The van der Waals surface area contributed by atoms with E-state index in [4.69, 9.17) is 0 Å². The Morgan fingerprint density at radius 1 is 0.923 bits per heavy atom. The van der Waals surface area contributed by atoms with Gasteiger partial charge in [0.1, 0.15) is 17.4 Å². The molecule has 0 spiro atoms. The third-order valence-electron chi connectivity index (χ3n) is 6.40. The molecule has 39 heavy (non-hydrogen) atoms. The Morgan fingerprint density at radius 3 is 2.00 bits per heavy atom. The van der Waals surface area contributed by atoms with Gasteiger partial charge in [0.2, 0.25) is 0 Å². The predicted octanol–water partition coefficient (Wildman–Crippen LogP) is 5.16. The SMILES string of the molecule is CCCN(CCC)C(=O)c1cccc(C(=O)NC(Cc2cc(F)cc(F)c2)[C@@H](O)C[C@@H](CC)C(C)=O)c1.S.S. The van der Waals surface area contributed by atoms with Crippen LogP contribution in [-0.4, -0.2) is 52.8 Å². The lowest BCUT2D eigenvalue weighted by molar-refractivity contribution is -0.121. The summed E-state index contributed by atoms with van der Waals surface area (Å²) in [6.45, 7) is 8.47. The average molecular weight is 585 g/mol. The highest BCUT2D eigenvalue weighted by Crippen LogP contribution is 2.19. The zero-order valence-corrected chi connectivity index (χ0v) is 25.1. The van der Waals surface area contributed by atoms with E-state index in [0.29, 0.717) is 25.1 Å². The van der Waals surface area contributed by atoms with Crippen LogP contribution in [0.5, 0.6) is 0 Å². The van der Waals surface area contributed by atoms with Crippen LogP contribution < -0.4 is 5.32 Å². The van der Waals surface area contributed by atoms with Crippen LogP contribution in [0.15, 0.2) is 42.5 Å². The fourth-order valence-corrected chi connectivity index (χ4v) is 4.42. The molecule has 0 radical (unpaired) electrons. The van der Waals surface area contributed by atoms with Gasteiger partial charge in [-0.2, -0.15) is 27.0 Å². The number of hydrogen-bond donors (Lipinski definition) is 2. The number of nitrogens with zero attached hydrogens (tertiary/aromatic N) is 1. The van der Waals surface area contributed by atoms with Crippen molar-refractivity contribution in [3.8, 4) is 0 Å². The van der Waals surface area contributed by atoms with Crippen LogP contribution in [0.25, 0.3) is 0 Å². The van der Waals surface area contributed by atoms with E-state index in [-0.39, 0.29) is 62.7 Å². The zero-order valence-electron chi connectivity index (χ0n) is 23.1. The maximum atomic E-state index is 13.8. The molecular weight excluding hydrogens is 542 g/mol. The molecular formula is C29H42F2N2O4S2. The van der Waals surface area contributed by atoms with Crippen LogP contribution in [-0.2, 0) is 11.2 Å². The van der Waals surface area contributed by atoms with Crippen molar-refractivity contribution in [1.82, 2.24) is 10.2 Å². The summed E-state index contributed by atoms with van der Waals surface area (Å²) in [4.78, 5) is 39.9. The minimum Gasteiger partial charge on any atom is -0.391 e. The summed E-state index contributed by atoms with van der Waals surface area (Å²) < 4.78 is 27.6. The molecule has 0 aliphatic heterocycles. The maximum absolute atomic E-state index is 13.8. The number of carbonyl (C=O) groups is 3. The van der Waals surface area contributed by atoms with Crippen molar-refractivity contribution in [3.63, 3.8) is 0 Å². The number of Topliss-reactive ketones (excluding diaryl/α,β-unsaturated/α-hetero) is 1. The minimum absolute atomic E-state index is 0. The van der Waals surface area contributed by atoms with Gasteiger partial charge in [0, 0.05) is 36.2 Å². The third kappa shape index (κ3) is 11.3. The quantitative estimate of drug-likeness (QED) is 0.321. The van der Waals surface area contributed by atoms with Gasteiger partial charge in [-0.25, -0.2) is 8.78 Å². The number of benzene rings is 2.